The summed E-state index contributed by atoms with van der Waals surface area (Å²) in [6, 6.07) is 3.56. The lowest BCUT2D eigenvalue weighted by Crippen LogP contribution is -2.16. The van der Waals surface area contributed by atoms with Gasteiger partial charge in [0.1, 0.15) is 5.82 Å². The maximum absolute atomic E-state index is 13.5. The molecular weight excluding hydrogens is 292 g/mol. The Morgan fingerprint density at radius 2 is 1.71 bits per heavy atom. The molecule has 2 aromatic carbocycles. The Kier molecular flexibility index (Phi) is 3.70. The van der Waals surface area contributed by atoms with E-state index in [1.165, 1.54) is 6.07 Å². The molecule has 0 aromatic heterocycles. The predicted molar refractivity (Wildman–Crippen MR) is 66.7 cm³/mol. The summed E-state index contributed by atoms with van der Waals surface area (Å²) in [4.78, 5) is 11.7. The molecule has 1 amide bonds. The fourth-order valence-electron chi connectivity index (χ4n) is 1.58. The average Bonchev–Trinajstić information content (AvgIpc) is 2.43. The first-order valence-electron chi connectivity index (χ1n) is 5.54. The van der Waals surface area contributed by atoms with E-state index in [-0.39, 0.29) is 17.4 Å². The van der Waals surface area contributed by atoms with E-state index in [4.69, 9.17) is 10.8 Å². The number of rotatable bonds is 2. The Labute approximate surface area is 115 Å². The highest BCUT2D eigenvalue weighted by Gasteiger charge is 2.23. The third-order valence-corrected chi connectivity index (χ3v) is 2.62. The zero-order valence-electron chi connectivity index (χ0n) is 10.3. The predicted octanol–water partition coefficient (Wildman–Crippen LogP) is 2.78. The van der Waals surface area contributed by atoms with E-state index < -0.39 is 40.5 Å². The maximum atomic E-state index is 13.5. The van der Waals surface area contributed by atoms with Gasteiger partial charge in [-0.05, 0) is 24.3 Å². The Balaban J connectivity index is 2.37. The summed E-state index contributed by atoms with van der Waals surface area (Å²) < 4.78 is 53.0. The van der Waals surface area contributed by atoms with Gasteiger partial charge in [-0.15, -0.1) is 0 Å². The van der Waals surface area contributed by atoms with Crippen molar-refractivity contribution in [2.24, 2.45) is 0 Å². The highest BCUT2D eigenvalue weighted by Crippen LogP contribution is 2.27. The van der Waals surface area contributed by atoms with Crippen LogP contribution in [0.15, 0.2) is 24.3 Å². The van der Waals surface area contributed by atoms with Crippen LogP contribution in [0.2, 0.25) is 0 Å². The number of hydrogen-bond acceptors (Lipinski definition) is 3. The lowest BCUT2D eigenvalue weighted by atomic mass is 10.1. The van der Waals surface area contributed by atoms with E-state index in [0.29, 0.717) is 0 Å². The van der Waals surface area contributed by atoms with Gasteiger partial charge in [-0.2, -0.15) is 4.39 Å². The lowest BCUT2D eigenvalue weighted by Gasteiger charge is -2.09. The van der Waals surface area contributed by atoms with Crippen LogP contribution in [-0.4, -0.2) is 11.0 Å². The Bertz CT molecular complexity index is 735. The molecule has 4 N–H and O–H groups in total. The van der Waals surface area contributed by atoms with Crippen molar-refractivity contribution in [3.8, 4) is 5.75 Å². The van der Waals surface area contributed by atoms with E-state index in [1.807, 2.05) is 5.32 Å². The van der Waals surface area contributed by atoms with Crippen molar-refractivity contribution in [2.75, 3.05) is 11.1 Å². The molecule has 2 rings (SSSR count). The van der Waals surface area contributed by atoms with Crippen LogP contribution in [0.1, 0.15) is 10.4 Å². The second-order valence-corrected chi connectivity index (χ2v) is 4.08. The summed E-state index contributed by atoms with van der Waals surface area (Å²) in [7, 11) is 0. The van der Waals surface area contributed by atoms with Gasteiger partial charge in [-0.25, -0.2) is 13.2 Å². The largest absolute Gasteiger partial charge is 0.503 e. The van der Waals surface area contributed by atoms with E-state index in [1.54, 1.807) is 0 Å². The zero-order valence-corrected chi connectivity index (χ0v) is 10.3. The first kappa shape index (κ1) is 14.6. The highest BCUT2D eigenvalue weighted by molar-refractivity contribution is 6.04. The van der Waals surface area contributed by atoms with Gasteiger partial charge in [0.05, 0.1) is 11.3 Å². The number of phenols is 1. The number of carbonyl (C=O) groups excluding carboxylic acids is 1. The summed E-state index contributed by atoms with van der Waals surface area (Å²) in [6.45, 7) is 0. The number of aromatic hydroxyl groups is 1. The smallest absolute Gasteiger partial charge is 0.258 e. The molecule has 0 aliphatic rings. The molecule has 4 nitrogen and oxygen atoms in total. The molecule has 0 saturated carbocycles. The summed E-state index contributed by atoms with van der Waals surface area (Å²) in [5.41, 5.74) is 4.11. The maximum Gasteiger partial charge on any atom is 0.258 e. The molecule has 110 valence electrons. The Morgan fingerprint density at radius 1 is 1.05 bits per heavy atom. The highest BCUT2D eigenvalue weighted by atomic mass is 19.2. The molecule has 0 aliphatic heterocycles. The van der Waals surface area contributed by atoms with Gasteiger partial charge in [0.2, 0.25) is 5.82 Å². The number of halogens is 4. The Hall–Kier alpha value is -2.77. The summed E-state index contributed by atoms with van der Waals surface area (Å²) >= 11 is 0. The van der Waals surface area contributed by atoms with Crippen LogP contribution in [-0.2, 0) is 0 Å². The quantitative estimate of drug-likeness (QED) is 0.453. The van der Waals surface area contributed by atoms with Crippen LogP contribution in [0.3, 0.4) is 0 Å². The number of amides is 1. The molecule has 0 heterocycles. The molecule has 0 fully saturated rings. The number of nitrogens with one attached hydrogen (secondary N) is 1. The molecule has 0 unspecified atom stereocenters. The first-order chi connectivity index (χ1) is 9.81. The third-order valence-electron chi connectivity index (χ3n) is 2.62. The van der Waals surface area contributed by atoms with Gasteiger partial charge in [0, 0.05) is 5.69 Å². The van der Waals surface area contributed by atoms with E-state index in [0.717, 1.165) is 12.1 Å². The van der Waals surface area contributed by atoms with Gasteiger partial charge in [0.15, 0.2) is 17.4 Å². The minimum Gasteiger partial charge on any atom is -0.503 e. The number of hydrogen-bond donors (Lipinski definition) is 3. The minimum absolute atomic E-state index is 0.0992. The number of phenolic OH excluding ortho intramolecular Hbond substituents is 1. The van der Waals surface area contributed by atoms with Crippen LogP contribution in [0.5, 0.6) is 5.75 Å². The van der Waals surface area contributed by atoms with Crippen LogP contribution in [0.25, 0.3) is 0 Å². The molecule has 0 atom stereocenters. The molecule has 2 aromatic rings. The van der Waals surface area contributed by atoms with E-state index >= 15 is 0 Å². The van der Waals surface area contributed by atoms with Crippen molar-refractivity contribution in [1.82, 2.24) is 0 Å². The third kappa shape index (κ3) is 2.73. The molecule has 0 spiro atoms. The standard InChI is InChI=1S/C13H8F4N2O2/c14-7-3-5(18)1-2-9(7)19-13(21)6-4-8(15)11(17)12(20)10(6)16/h1-4,20H,18H2,(H,19,21). The van der Waals surface area contributed by atoms with Gasteiger partial charge in [0.25, 0.3) is 5.91 Å². The SMILES string of the molecule is Nc1ccc(NC(=O)c2cc(F)c(F)c(O)c2F)c(F)c1. The summed E-state index contributed by atoms with van der Waals surface area (Å²) in [5.74, 6) is -8.86. The monoisotopic (exact) mass is 300 g/mol. The topological polar surface area (TPSA) is 75.3 Å². The fraction of sp³-hybridized carbons (Fsp3) is 0. The summed E-state index contributed by atoms with van der Waals surface area (Å²) in [6.07, 6.45) is 0. The normalized spacial score (nSPS) is 10.5. The minimum atomic E-state index is -1.82. The number of anilines is 2. The molecule has 21 heavy (non-hydrogen) atoms. The van der Waals surface area contributed by atoms with Crippen LogP contribution in [0, 0.1) is 23.3 Å². The molecule has 8 heteroatoms. The number of nitrogens with two attached hydrogens (primary N) is 1. The van der Waals surface area contributed by atoms with Crippen LogP contribution >= 0.6 is 0 Å². The van der Waals surface area contributed by atoms with Crippen molar-refractivity contribution < 1.29 is 27.5 Å². The summed E-state index contributed by atoms with van der Waals surface area (Å²) in [5, 5.41) is 11.0. The van der Waals surface area contributed by atoms with E-state index in [9.17, 15) is 22.4 Å². The molecule has 0 radical (unpaired) electrons. The number of nitrogen functional groups attached to an aromatic ring is 1. The van der Waals surface area contributed by atoms with Crippen molar-refractivity contribution in [1.29, 1.82) is 0 Å². The average molecular weight is 300 g/mol. The number of benzene rings is 2. The first-order valence-corrected chi connectivity index (χ1v) is 5.54. The van der Waals surface area contributed by atoms with Gasteiger partial charge >= 0.3 is 0 Å². The van der Waals surface area contributed by atoms with Crippen molar-refractivity contribution in [3.05, 3.63) is 53.1 Å². The lowest BCUT2D eigenvalue weighted by molar-refractivity contribution is 0.102. The molecular formula is C13H8F4N2O2. The Morgan fingerprint density at radius 3 is 2.33 bits per heavy atom. The molecule has 0 bridgehead atoms. The fourth-order valence-corrected chi connectivity index (χ4v) is 1.58. The second kappa shape index (κ2) is 5.31. The van der Waals surface area contributed by atoms with Gasteiger partial charge < -0.3 is 16.2 Å². The van der Waals surface area contributed by atoms with E-state index in [2.05, 4.69) is 0 Å². The molecule has 0 aliphatic carbocycles. The van der Waals surface area contributed by atoms with Crippen molar-refractivity contribution in [2.45, 2.75) is 0 Å². The van der Waals surface area contributed by atoms with Crippen LogP contribution in [0.4, 0.5) is 28.9 Å². The van der Waals surface area contributed by atoms with Gasteiger partial charge in [-0.3, -0.25) is 4.79 Å². The van der Waals surface area contributed by atoms with Gasteiger partial charge in [-0.1, -0.05) is 0 Å². The second-order valence-electron chi connectivity index (χ2n) is 4.08. The van der Waals surface area contributed by atoms with Crippen molar-refractivity contribution in [3.63, 3.8) is 0 Å². The van der Waals surface area contributed by atoms with Crippen LogP contribution < -0.4 is 11.1 Å². The zero-order chi connectivity index (χ0) is 15.7. The molecule has 0 saturated heterocycles. The van der Waals surface area contributed by atoms with Crippen molar-refractivity contribution >= 4 is 17.3 Å². The number of carbonyl (C=O) groups is 1.